The summed E-state index contributed by atoms with van der Waals surface area (Å²) in [6, 6.07) is 17.5. The Morgan fingerprint density at radius 2 is 1.88 bits per heavy atom. The highest BCUT2D eigenvalue weighted by atomic mass is 35.5. The lowest BCUT2D eigenvalue weighted by atomic mass is 10.2. The zero-order valence-electron chi connectivity index (χ0n) is 22.9. The molecule has 9 nitrogen and oxygen atoms in total. The Morgan fingerprint density at radius 3 is 2.60 bits per heavy atom. The second-order valence-electron chi connectivity index (χ2n) is 9.82. The number of aromatic nitrogens is 2. The molecule has 4 amide bonds. The minimum atomic E-state index is -1.12. The van der Waals surface area contributed by atoms with E-state index in [-0.39, 0.29) is 12.2 Å². The molecule has 5 rings (SSSR count). The molecule has 3 aromatic carbocycles. The third kappa shape index (κ3) is 6.60. The maximum Gasteiger partial charge on any atom is 0.327 e. The average molecular weight is 590 g/mol. The van der Waals surface area contributed by atoms with Gasteiger partial charge in [-0.15, -0.1) is 0 Å². The fourth-order valence-corrected chi connectivity index (χ4v) is 4.83. The van der Waals surface area contributed by atoms with Gasteiger partial charge >= 0.3 is 6.03 Å². The molecule has 0 radical (unpaired) electrons. The number of carbonyl (C=O) groups is 3. The smallest absolute Gasteiger partial charge is 0.327 e. The molecule has 1 atom stereocenters. The monoisotopic (exact) mass is 589 g/mol. The summed E-state index contributed by atoms with van der Waals surface area (Å²) < 4.78 is 20.6. The molecule has 0 spiro atoms. The van der Waals surface area contributed by atoms with Gasteiger partial charge in [-0.2, -0.15) is 5.10 Å². The van der Waals surface area contributed by atoms with Crippen molar-refractivity contribution >= 4 is 46.5 Å². The molecule has 1 N–H and O–H groups in total. The van der Waals surface area contributed by atoms with Crippen LogP contribution in [0.4, 0.5) is 26.2 Å². The fourth-order valence-electron chi connectivity index (χ4n) is 4.64. The van der Waals surface area contributed by atoms with E-state index in [1.165, 1.54) is 23.2 Å². The number of nitrogens with zero attached hydrogens (tertiary/aromatic N) is 4. The first-order valence-corrected chi connectivity index (χ1v) is 13.9. The number of halogens is 2. The van der Waals surface area contributed by atoms with E-state index in [1.54, 1.807) is 71.5 Å². The van der Waals surface area contributed by atoms with Crippen molar-refractivity contribution in [1.82, 2.24) is 9.78 Å². The summed E-state index contributed by atoms with van der Waals surface area (Å²) in [5.74, 6) is -0.702. The van der Waals surface area contributed by atoms with Crippen molar-refractivity contribution in [3.8, 4) is 5.75 Å². The van der Waals surface area contributed by atoms with Gasteiger partial charge in [-0.05, 0) is 66.6 Å². The molecule has 0 unspecified atom stereocenters. The van der Waals surface area contributed by atoms with Gasteiger partial charge in [-0.1, -0.05) is 43.1 Å². The fraction of sp³-hybridized carbons (Fsp3) is 0.226. The average Bonchev–Trinajstić information content (AvgIpc) is 3.54. The molecule has 0 aliphatic carbocycles. The number of amides is 4. The zero-order chi connectivity index (χ0) is 29.6. The molecule has 1 aromatic heterocycles. The first kappa shape index (κ1) is 28.8. The van der Waals surface area contributed by atoms with Crippen LogP contribution in [0.2, 0.25) is 5.02 Å². The van der Waals surface area contributed by atoms with E-state index < -0.39 is 23.9 Å². The number of anilines is 3. The molecule has 1 aliphatic heterocycles. The molecular weight excluding hydrogens is 561 g/mol. The third-order valence-corrected chi connectivity index (χ3v) is 6.98. The van der Waals surface area contributed by atoms with Gasteiger partial charge in [-0.3, -0.25) is 19.2 Å². The molecule has 216 valence electrons. The number of rotatable bonds is 10. The Balaban J connectivity index is 1.41. The highest BCUT2D eigenvalue weighted by Crippen LogP contribution is 2.31. The Kier molecular flexibility index (Phi) is 8.83. The molecule has 11 heteroatoms. The van der Waals surface area contributed by atoms with E-state index in [4.69, 9.17) is 16.3 Å². The molecule has 1 fully saturated rings. The highest BCUT2D eigenvalue weighted by molar-refractivity contribution is 6.31. The number of carbonyl (C=O) groups excluding carboxylic acids is 3. The van der Waals surface area contributed by atoms with Crippen molar-refractivity contribution in [2.45, 2.75) is 38.8 Å². The molecular formula is C31H29ClFN5O4. The number of hydrogen-bond acceptors (Lipinski definition) is 5. The van der Waals surface area contributed by atoms with Crippen LogP contribution in [0.3, 0.4) is 0 Å². The largest absolute Gasteiger partial charge is 0.494 e. The Morgan fingerprint density at radius 1 is 1.12 bits per heavy atom. The first-order valence-electron chi connectivity index (χ1n) is 13.5. The van der Waals surface area contributed by atoms with Gasteiger partial charge in [0.2, 0.25) is 5.91 Å². The van der Waals surface area contributed by atoms with Crippen LogP contribution < -0.4 is 19.9 Å². The number of nitrogens with one attached hydrogen (secondary N) is 1. The van der Waals surface area contributed by atoms with E-state index in [0.29, 0.717) is 41.0 Å². The number of unbranched alkanes of at least 4 members (excludes halogenated alkanes) is 1. The lowest BCUT2D eigenvalue weighted by Crippen LogP contribution is -2.47. The van der Waals surface area contributed by atoms with Crippen molar-refractivity contribution in [2.75, 3.05) is 21.7 Å². The SMILES string of the molecule is CCCCOc1ccc(N2C(=O)C[C@@H](N(C(=O)Nc3cccc(Cl)c3)c3cnn(Cc4ccc(F)cc4)c3)C2=O)cc1. The van der Waals surface area contributed by atoms with Gasteiger partial charge in [0.15, 0.2) is 0 Å². The van der Waals surface area contributed by atoms with Crippen molar-refractivity contribution in [1.29, 1.82) is 0 Å². The van der Waals surface area contributed by atoms with Crippen LogP contribution in [0.1, 0.15) is 31.7 Å². The maximum absolute atomic E-state index is 13.7. The Labute approximate surface area is 247 Å². The van der Waals surface area contributed by atoms with Gasteiger partial charge in [0, 0.05) is 16.9 Å². The molecule has 42 heavy (non-hydrogen) atoms. The number of benzene rings is 3. The van der Waals surface area contributed by atoms with Crippen LogP contribution >= 0.6 is 11.6 Å². The minimum absolute atomic E-state index is 0.223. The van der Waals surface area contributed by atoms with Gasteiger partial charge in [0.25, 0.3) is 5.91 Å². The summed E-state index contributed by atoms with van der Waals surface area (Å²) in [6.07, 6.45) is 4.75. The van der Waals surface area contributed by atoms with E-state index in [1.807, 2.05) is 0 Å². The molecule has 0 bridgehead atoms. The van der Waals surface area contributed by atoms with Gasteiger partial charge in [-0.25, -0.2) is 14.1 Å². The predicted molar refractivity (Wildman–Crippen MR) is 158 cm³/mol. The van der Waals surface area contributed by atoms with Gasteiger partial charge in [0.05, 0.1) is 37.1 Å². The lowest BCUT2D eigenvalue weighted by Gasteiger charge is -2.26. The van der Waals surface area contributed by atoms with Crippen molar-refractivity contribution in [3.05, 3.63) is 102 Å². The first-order chi connectivity index (χ1) is 20.3. The van der Waals surface area contributed by atoms with Crippen molar-refractivity contribution < 1.29 is 23.5 Å². The summed E-state index contributed by atoms with van der Waals surface area (Å²) in [7, 11) is 0. The number of imide groups is 1. The van der Waals surface area contributed by atoms with Crippen molar-refractivity contribution in [3.63, 3.8) is 0 Å². The summed E-state index contributed by atoms with van der Waals surface area (Å²) in [4.78, 5) is 42.9. The number of urea groups is 1. The molecule has 1 aliphatic rings. The summed E-state index contributed by atoms with van der Waals surface area (Å²) in [5.41, 5.74) is 1.91. The summed E-state index contributed by atoms with van der Waals surface area (Å²) in [6.45, 7) is 2.95. The van der Waals surface area contributed by atoms with Gasteiger partial charge in [0.1, 0.15) is 17.6 Å². The van der Waals surface area contributed by atoms with Crippen molar-refractivity contribution in [2.24, 2.45) is 0 Å². The third-order valence-electron chi connectivity index (χ3n) is 6.75. The highest BCUT2D eigenvalue weighted by Gasteiger charge is 2.45. The molecule has 1 saturated heterocycles. The van der Waals surface area contributed by atoms with Crippen LogP contribution in [0.5, 0.6) is 5.75 Å². The molecule has 0 saturated carbocycles. The summed E-state index contributed by atoms with van der Waals surface area (Å²) in [5, 5.41) is 7.54. The van der Waals surface area contributed by atoms with E-state index in [0.717, 1.165) is 23.3 Å². The van der Waals surface area contributed by atoms with Crippen LogP contribution in [-0.2, 0) is 16.1 Å². The maximum atomic E-state index is 13.7. The van der Waals surface area contributed by atoms with Crippen LogP contribution in [0.25, 0.3) is 0 Å². The number of ether oxygens (including phenoxy) is 1. The molecule has 2 heterocycles. The Bertz CT molecular complexity index is 1570. The van der Waals surface area contributed by atoms with E-state index in [9.17, 15) is 18.8 Å². The second-order valence-corrected chi connectivity index (χ2v) is 10.3. The van der Waals surface area contributed by atoms with Crippen LogP contribution in [0.15, 0.2) is 85.2 Å². The van der Waals surface area contributed by atoms with E-state index in [2.05, 4.69) is 17.3 Å². The van der Waals surface area contributed by atoms with Gasteiger partial charge < -0.3 is 10.1 Å². The van der Waals surface area contributed by atoms with Crippen LogP contribution in [0, 0.1) is 5.82 Å². The summed E-state index contributed by atoms with van der Waals surface area (Å²) >= 11 is 6.10. The molecule has 4 aromatic rings. The van der Waals surface area contributed by atoms with E-state index >= 15 is 0 Å². The quantitative estimate of drug-likeness (QED) is 0.174. The minimum Gasteiger partial charge on any atom is -0.494 e. The topological polar surface area (TPSA) is 96.8 Å². The standard InChI is InChI=1S/C31H29ClFN5O4/c1-2-3-15-42-27-13-11-25(12-14-27)38-29(39)17-28(30(38)40)37(31(41)35-24-6-4-5-22(32)16-24)26-18-34-36(20-26)19-21-7-9-23(33)10-8-21/h4-14,16,18,20,28H,2-3,15,17,19H2,1H3,(H,35,41)/t28-/m1/s1. The second kappa shape index (κ2) is 12.9. The number of hydrogen-bond donors (Lipinski definition) is 1. The predicted octanol–water partition coefficient (Wildman–Crippen LogP) is 6.27. The van der Waals surface area contributed by atoms with Crippen LogP contribution in [-0.4, -0.2) is 40.3 Å². The Hall–Kier alpha value is -4.70. The zero-order valence-corrected chi connectivity index (χ0v) is 23.6. The lowest BCUT2D eigenvalue weighted by molar-refractivity contribution is -0.121. The normalized spacial score (nSPS) is 14.7.